The maximum Gasteiger partial charge on any atom is 0.323 e. The van der Waals surface area contributed by atoms with Crippen molar-refractivity contribution >= 4 is 29.0 Å². The lowest BCUT2D eigenvalue weighted by Gasteiger charge is -2.16. The van der Waals surface area contributed by atoms with Gasteiger partial charge in [-0.05, 0) is 43.2 Å². The number of aryl methyl sites for hydroxylation is 2. The molecule has 3 N–H and O–H groups in total. The van der Waals surface area contributed by atoms with Crippen LogP contribution in [-0.2, 0) is 4.79 Å². The Balaban J connectivity index is 2.15. The molecule has 0 spiro atoms. The number of carbonyl (C=O) groups excluding carboxylic acids is 2. The van der Waals surface area contributed by atoms with E-state index in [0.717, 1.165) is 11.1 Å². The predicted octanol–water partition coefficient (Wildman–Crippen LogP) is 4.54. The van der Waals surface area contributed by atoms with E-state index < -0.39 is 0 Å². The second-order valence-electron chi connectivity index (χ2n) is 6.09. The lowest BCUT2D eigenvalue weighted by atomic mass is 10.1. The van der Waals surface area contributed by atoms with Gasteiger partial charge in [-0.25, -0.2) is 4.79 Å². The normalized spacial score (nSPS) is 10.4. The molecule has 3 amide bonds. The van der Waals surface area contributed by atoms with Gasteiger partial charge in [-0.3, -0.25) is 4.79 Å². The number of nitrogens with one attached hydrogen (secondary N) is 3. The molecule has 0 unspecified atom stereocenters. The number of hydrogen-bond donors (Lipinski definition) is 3. The van der Waals surface area contributed by atoms with Gasteiger partial charge in [0.1, 0.15) is 0 Å². The molecule has 5 heteroatoms. The summed E-state index contributed by atoms with van der Waals surface area (Å²) in [5.74, 6) is -0.231. The molecule has 2 rings (SSSR count). The molecular formula is C19H23N3O2. The fraction of sp³-hybridized carbons (Fsp3) is 0.263. The van der Waals surface area contributed by atoms with Crippen molar-refractivity contribution in [3.8, 4) is 0 Å². The Bertz CT molecular complexity index is 754. The number of hydrogen-bond acceptors (Lipinski definition) is 2. The molecule has 0 saturated carbocycles. The molecule has 0 aliphatic carbocycles. The summed E-state index contributed by atoms with van der Waals surface area (Å²) in [6.07, 6.45) is 0. The molecule has 0 aliphatic heterocycles. The van der Waals surface area contributed by atoms with E-state index in [4.69, 9.17) is 0 Å². The van der Waals surface area contributed by atoms with Crippen molar-refractivity contribution in [1.29, 1.82) is 0 Å². The first-order valence-corrected chi connectivity index (χ1v) is 7.92. The Labute approximate surface area is 142 Å². The van der Waals surface area contributed by atoms with E-state index in [-0.39, 0.29) is 17.9 Å². The van der Waals surface area contributed by atoms with Crippen molar-refractivity contribution in [2.24, 2.45) is 5.92 Å². The Kier molecular flexibility index (Phi) is 5.58. The first-order chi connectivity index (χ1) is 11.4. The molecule has 2 aromatic carbocycles. The molecule has 0 heterocycles. The summed E-state index contributed by atoms with van der Waals surface area (Å²) in [5.41, 5.74) is 3.85. The van der Waals surface area contributed by atoms with Crippen LogP contribution >= 0.6 is 0 Å². The van der Waals surface area contributed by atoms with Crippen LogP contribution in [0.15, 0.2) is 42.5 Å². The second-order valence-corrected chi connectivity index (χ2v) is 6.09. The smallest absolute Gasteiger partial charge is 0.323 e. The van der Waals surface area contributed by atoms with Crippen molar-refractivity contribution in [3.63, 3.8) is 0 Å². The lowest BCUT2D eigenvalue weighted by molar-refractivity contribution is -0.118. The molecule has 0 aliphatic rings. The van der Waals surface area contributed by atoms with Crippen molar-refractivity contribution in [3.05, 3.63) is 53.6 Å². The molecule has 0 aromatic heterocycles. The van der Waals surface area contributed by atoms with Crippen LogP contribution in [0.4, 0.5) is 21.9 Å². The molecule has 0 radical (unpaired) electrons. The first-order valence-electron chi connectivity index (χ1n) is 7.92. The van der Waals surface area contributed by atoms with Gasteiger partial charge >= 0.3 is 6.03 Å². The van der Waals surface area contributed by atoms with E-state index in [9.17, 15) is 9.59 Å². The number of anilines is 3. The zero-order valence-electron chi connectivity index (χ0n) is 14.4. The van der Waals surface area contributed by atoms with Gasteiger partial charge in [0, 0.05) is 11.6 Å². The van der Waals surface area contributed by atoms with Gasteiger partial charge in [-0.2, -0.15) is 0 Å². The number of amides is 3. The van der Waals surface area contributed by atoms with Crippen LogP contribution in [0.2, 0.25) is 0 Å². The Morgan fingerprint density at radius 3 is 2.29 bits per heavy atom. The van der Waals surface area contributed by atoms with Crippen molar-refractivity contribution in [1.82, 2.24) is 0 Å². The average molecular weight is 325 g/mol. The average Bonchev–Trinajstić information content (AvgIpc) is 2.50. The number of para-hydroxylation sites is 1. The summed E-state index contributed by atoms with van der Waals surface area (Å²) in [4.78, 5) is 24.2. The van der Waals surface area contributed by atoms with Crippen molar-refractivity contribution in [2.45, 2.75) is 27.7 Å². The number of urea groups is 1. The first kappa shape index (κ1) is 17.5. The van der Waals surface area contributed by atoms with Gasteiger partial charge in [0.25, 0.3) is 0 Å². The highest BCUT2D eigenvalue weighted by molar-refractivity contribution is 6.04. The number of benzene rings is 2. The second kappa shape index (κ2) is 7.64. The minimum absolute atomic E-state index is 0.0913. The molecule has 2 aromatic rings. The van der Waals surface area contributed by atoms with Crippen LogP contribution in [0.1, 0.15) is 25.0 Å². The summed E-state index contributed by atoms with van der Waals surface area (Å²) < 4.78 is 0. The third-order valence-electron chi connectivity index (χ3n) is 3.57. The summed E-state index contributed by atoms with van der Waals surface area (Å²) >= 11 is 0. The SMILES string of the molecule is Cc1cccc(NC(=O)Nc2cccc(C)c2NC(=O)C(C)C)c1. The maximum absolute atomic E-state index is 12.2. The van der Waals surface area contributed by atoms with Crippen LogP contribution < -0.4 is 16.0 Å². The van der Waals surface area contributed by atoms with Crippen molar-refractivity contribution < 1.29 is 9.59 Å². The van der Waals surface area contributed by atoms with Gasteiger partial charge in [0.15, 0.2) is 0 Å². The highest BCUT2D eigenvalue weighted by Crippen LogP contribution is 2.26. The standard InChI is InChI=1S/C19H23N3O2/c1-12(2)18(23)22-17-14(4)8-6-10-16(17)21-19(24)20-15-9-5-7-13(3)11-15/h5-12H,1-4H3,(H,22,23)(H2,20,21,24). The van der Waals surface area contributed by atoms with Crippen LogP contribution in [0.25, 0.3) is 0 Å². The summed E-state index contributed by atoms with van der Waals surface area (Å²) in [6, 6.07) is 12.7. The quantitative estimate of drug-likeness (QED) is 0.772. The van der Waals surface area contributed by atoms with E-state index in [0.29, 0.717) is 17.1 Å². The Hall–Kier alpha value is -2.82. The predicted molar refractivity (Wildman–Crippen MR) is 98.5 cm³/mol. The van der Waals surface area contributed by atoms with Gasteiger partial charge < -0.3 is 16.0 Å². The zero-order chi connectivity index (χ0) is 17.7. The maximum atomic E-state index is 12.2. The molecular weight excluding hydrogens is 302 g/mol. The molecule has 24 heavy (non-hydrogen) atoms. The molecule has 0 atom stereocenters. The van der Waals surface area contributed by atoms with Crippen LogP contribution in [0.3, 0.4) is 0 Å². The molecule has 5 nitrogen and oxygen atoms in total. The summed E-state index contributed by atoms with van der Waals surface area (Å²) in [6.45, 7) is 7.50. The fourth-order valence-corrected chi connectivity index (χ4v) is 2.21. The zero-order valence-corrected chi connectivity index (χ0v) is 14.4. The fourth-order valence-electron chi connectivity index (χ4n) is 2.21. The summed E-state index contributed by atoms with van der Waals surface area (Å²) in [7, 11) is 0. The molecule has 0 saturated heterocycles. The van der Waals surface area contributed by atoms with Crippen LogP contribution in [-0.4, -0.2) is 11.9 Å². The van der Waals surface area contributed by atoms with Crippen LogP contribution in [0.5, 0.6) is 0 Å². The largest absolute Gasteiger partial charge is 0.324 e. The van der Waals surface area contributed by atoms with Crippen molar-refractivity contribution in [2.75, 3.05) is 16.0 Å². The monoisotopic (exact) mass is 325 g/mol. The summed E-state index contributed by atoms with van der Waals surface area (Å²) in [5, 5.41) is 8.47. The van der Waals surface area contributed by atoms with Crippen LogP contribution in [0, 0.1) is 19.8 Å². The van der Waals surface area contributed by atoms with E-state index in [2.05, 4.69) is 16.0 Å². The van der Waals surface area contributed by atoms with E-state index in [1.807, 2.05) is 64.1 Å². The number of carbonyl (C=O) groups is 2. The third kappa shape index (κ3) is 4.59. The lowest BCUT2D eigenvalue weighted by Crippen LogP contribution is -2.23. The minimum Gasteiger partial charge on any atom is -0.324 e. The van der Waals surface area contributed by atoms with Gasteiger partial charge in [-0.15, -0.1) is 0 Å². The molecule has 0 fully saturated rings. The highest BCUT2D eigenvalue weighted by Gasteiger charge is 2.14. The van der Waals surface area contributed by atoms with Gasteiger partial charge in [0.05, 0.1) is 11.4 Å². The van der Waals surface area contributed by atoms with E-state index in [1.165, 1.54) is 0 Å². The van der Waals surface area contributed by atoms with E-state index in [1.54, 1.807) is 6.07 Å². The Morgan fingerprint density at radius 1 is 0.917 bits per heavy atom. The van der Waals surface area contributed by atoms with Gasteiger partial charge in [-0.1, -0.05) is 38.1 Å². The van der Waals surface area contributed by atoms with E-state index >= 15 is 0 Å². The third-order valence-corrected chi connectivity index (χ3v) is 3.57. The molecule has 126 valence electrons. The minimum atomic E-state index is -0.355. The molecule has 0 bridgehead atoms. The highest BCUT2D eigenvalue weighted by atomic mass is 16.2. The van der Waals surface area contributed by atoms with Gasteiger partial charge in [0.2, 0.25) is 5.91 Å². The number of rotatable bonds is 4. The topological polar surface area (TPSA) is 70.2 Å². The Morgan fingerprint density at radius 2 is 1.62 bits per heavy atom.